The highest BCUT2D eigenvalue weighted by molar-refractivity contribution is 9.10. The van der Waals surface area contributed by atoms with Crippen LogP contribution in [0.1, 0.15) is 5.56 Å². The molecular weight excluding hydrogens is 471 g/mol. The molecule has 1 heterocycles. The molecule has 0 aliphatic heterocycles. The maximum Gasteiger partial charge on any atom is 0.446 e. The number of thioether (sulfide) groups is 1. The number of anilines is 1. The van der Waals surface area contributed by atoms with E-state index in [1.807, 2.05) is 0 Å². The number of benzene rings is 1. The van der Waals surface area contributed by atoms with E-state index in [9.17, 15) is 26.3 Å². The van der Waals surface area contributed by atoms with Gasteiger partial charge in [-0.25, -0.2) is 4.68 Å². The van der Waals surface area contributed by atoms with Crippen molar-refractivity contribution in [2.75, 3.05) is 5.73 Å². The summed E-state index contributed by atoms with van der Waals surface area (Å²) >= 11 is 13.9. The summed E-state index contributed by atoms with van der Waals surface area (Å²) in [5.74, 6) is -0.479. The Labute approximate surface area is 153 Å². The van der Waals surface area contributed by atoms with Crippen molar-refractivity contribution >= 4 is 56.7 Å². The molecule has 0 spiro atoms. The molecule has 0 fully saturated rings. The van der Waals surface area contributed by atoms with Crippen LogP contribution in [0.25, 0.3) is 5.69 Å². The number of nitrogen functional groups attached to an aromatic ring is 1. The molecule has 0 radical (unpaired) electrons. The summed E-state index contributed by atoms with van der Waals surface area (Å²) in [4.78, 5) is -0.463. The second kappa shape index (κ2) is 6.50. The predicted octanol–water partition coefficient (Wildman–Crippen LogP) is 6.15. The first kappa shape index (κ1) is 19.5. The minimum Gasteiger partial charge on any atom is -0.383 e. The first-order chi connectivity index (χ1) is 10.8. The fourth-order valence-electron chi connectivity index (χ4n) is 1.70. The average molecular weight is 475 g/mol. The number of hydrogen-bond acceptors (Lipinski definition) is 3. The topological polar surface area (TPSA) is 43.8 Å². The van der Waals surface area contributed by atoms with Gasteiger partial charge in [0.05, 0.1) is 20.5 Å². The molecule has 0 saturated heterocycles. The summed E-state index contributed by atoms with van der Waals surface area (Å²) in [5.41, 5.74) is -0.406. The molecule has 0 unspecified atom stereocenters. The van der Waals surface area contributed by atoms with Gasteiger partial charge in [-0.2, -0.15) is 31.4 Å². The molecule has 2 aromatic rings. The van der Waals surface area contributed by atoms with Gasteiger partial charge in [-0.15, -0.1) is 0 Å². The van der Waals surface area contributed by atoms with Crippen molar-refractivity contribution in [3.63, 3.8) is 0 Å². The standard InChI is InChI=1S/C11H4BrCl2F6N3S/c12-8-7(24-11(18,19)20)9(21)23(22-8)6-4(13)1-3(2-5(6)14)10(15,16)17/h1-2H,21H2. The summed E-state index contributed by atoms with van der Waals surface area (Å²) in [5, 5.41) is 2.77. The maximum atomic E-state index is 12.7. The van der Waals surface area contributed by atoms with Crippen LogP contribution in [0, 0.1) is 0 Å². The molecule has 0 amide bonds. The van der Waals surface area contributed by atoms with Crippen molar-refractivity contribution < 1.29 is 26.3 Å². The third-order valence-electron chi connectivity index (χ3n) is 2.61. The van der Waals surface area contributed by atoms with Crippen LogP contribution in [0.4, 0.5) is 32.2 Å². The van der Waals surface area contributed by atoms with E-state index in [1.54, 1.807) is 0 Å². The van der Waals surface area contributed by atoms with Gasteiger partial charge in [-0.3, -0.25) is 0 Å². The Kier molecular flexibility index (Phi) is 5.30. The van der Waals surface area contributed by atoms with Crippen LogP contribution in [-0.2, 0) is 6.18 Å². The number of nitrogens with two attached hydrogens (primary N) is 1. The molecule has 24 heavy (non-hydrogen) atoms. The van der Waals surface area contributed by atoms with Gasteiger partial charge in [0.25, 0.3) is 0 Å². The second-order valence-electron chi connectivity index (χ2n) is 4.25. The molecule has 2 rings (SSSR count). The molecule has 0 saturated carbocycles. The molecular formula is C11H4BrCl2F6N3S. The van der Waals surface area contributed by atoms with E-state index >= 15 is 0 Å². The first-order valence-electron chi connectivity index (χ1n) is 5.67. The molecule has 0 aliphatic rings. The zero-order valence-electron chi connectivity index (χ0n) is 10.9. The van der Waals surface area contributed by atoms with E-state index in [0.717, 1.165) is 4.68 Å². The fourth-order valence-corrected chi connectivity index (χ4v) is 3.50. The number of hydrogen-bond donors (Lipinski definition) is 1. The lowest BCUT2D eigenvalue weighted by molar-refractivity contribution is -0.137. The number of aromatic nitrogens is 2. The van der Waals surface area contributed by atoms with Gasteiger partial charge in [0.2, 0.25) is 0 Å². The summed E-state index contributed by atoms with van der Waals surface area (Å²) in [6.45, 7) is 0. The Morgan fingerprint density at radius 2 is 1.58 bits per heavy atom. The van der Waals surface area contributed by atoms with Gasteiger partial charge in [0.1, 0.15) is 16.1 Å². The molecule has 132 valence electrons. The van der Waals surface area contributed by atoms with E-state index in [1.165, 1.54) is 0 Å². The molecule has 0 atom stereocenters. The van der Waals surface area contributed by atoms with E-state index < -0.39 is 49.8 Å². The summed E-state index contributed by atoms with van der Waals surface area (Å²) in [6, 6.07) is 1.16. The molecule has 1 aromatic carbocycles. The Balaban J connectivity index is 2.60. The van der Waals surface area contributed by atoms with Gasteiger partial charge >= 0.3 is 11.7 Å². The third-order valence-corrected chi connectivity index (χ3v) is 4.84. The molecule has 3 nitrogen and oxygen atoms in total. The minimum atomic E-state index is -4.70. The van der Waals surface area contributed by atoms with Gasteiger partial charge < -0.3 is 5.73 Å². The van der Waals surface area contributed by atoms with Crippen molar-refractivity contribution in [2.24, 2.45) is 0 Å². The summed E-state index contributed by atoms with van der Waals surface area (Å²) < 4.78 is 76.2. The van der Waals surface area contributed by atoms with Crippen LogP contribution in [0.15, 0.2) is 21.6 Å². The van der Waals surface area contributed by atoms with E-state index in [0.29, 0.717) is 12.1 Å². The molecule has 0 bridgehead atoms. The fraction of sp³-hybridized carbons (Fsp3) is 0.182. The largest absolute Gasteiger partial charge is 0.446 e. The lowest BCUT2D eigenvalue weighted by Gasteiger charge is -2.13. The van der Waals surface area contributed by atoms with Crippen molar-refractivity contribution in [2.45, 2.75) is 16.6 Å². The van der Waals surface area contributed by atoms with Gasteiger partial charge in [0, 0.05) is 0 Å². The van der Waals surface area contributed by atoms with E-state index in [2.05, 4.69) is 21.0 Å². The third kappa shape index (κ3) is 4.06. The van der Waals surface area contributed by atoms with E-state index in [-0.39, 0.29) is 10.3 Å². The number of nitrogens with zero attached hydrogens (tertiary/aromatic N) is 2. The normalized spacial score (nSPS) is 12.7. The second-order valence-corrected chi connectivity index (χ2v) is 6.89. The average Bonchev–Trinajstić information content (AvgIpc) is 2.63. The van der Waals surface area contributed by atoms with Gasteiger partial charge in [-0.05, 0) is 39.8 Å². The van der Waals surface area contributed by atoms with Crippen molar-refractivity contribution in [3.8, 4) is 5.69 Å². The zero-order valence-corrected chi connectivity index (χ0v) is 14.9. The predicted molar refractivity (Wildman–Crippen MR) is 82.6 cm³/mol. The van der Waals surface area contributed by atoms with Crippen LogP contribution in [0.2, 0.25) is 10.0 Å². The lowest BCUT2D eigenvalue weighted by Crippen LogP contribution is -2.09. The monoisotopic (exact) mass is 473 g/mol. The van der Waals surface area contributed by atoms with Crippen LogP contribution in [0.5, 0.6) is 0 Å². The number of halogens is 9. The van der Waals surface area contributed by atoms with Crippen molar-refractivity contribution in [1.82, 2.24) is 9.78 Å². The molecule has 13 heteroatoms. The quantitative estimate of drug-likeness (QED) is 0.419. The van der Waals surface area contributed by atoms with Crippen molar-refractivity contribution in [1.29, 1.82) is 0 Å². The molecule has 2 N–H and O–H groups in total. The number of rotatable bonds is 2. The SMILES string of the molecule is Nc1c(SC(F)(F)F)c(Br)nn1-c1c(Cl)cc(C(F)(F)F)cc1Cl. The Morgan fingerprint density at radius 1 is 1.08 bits per heavy atom. The Hall–Kier alpha value is -0.780. The molecule has 0 aliphatic carbocycles. The Bertz CT molecular complexity index is 766. The van der Waals surface area contributed by atoms with Gasteiger partial charge in [-0.1, -0.05) is 23.2 Å². The van der Waals surface area contributed by atoms with E-state index in [4.69, 9.17) is 28.9 Å². The van der Waals surface area contributed by atoms with Crippen LogP contribution >= 0.6 is 50.9 Å². The Morgan fingerprint density at radius 3 is 2.00 bits per heavy atom. The van der Waals surface area contributed by atoms with Crippen LogP contribution < -0.4 is 5.73 Å². The zero-order chi connectivity index (χ0) is 18.4. The summed E-state index contributed by atoms with van der Waals surface area (Å²) in [7, 11) is 0. The first-order valence-corrected chi connectivity index (χ1v) is 8.04. The van der Waals surface area contributed by atoms with Crippen LogP contribution in [-0.4, -0.2) is 15.3 Å². The lowest BCUT2D eigenvalue weighted by atomic mass is 10.2. The smallest absolute Gasteiger partial charge is 0.383 e. The highest BCUT2D eigenvalue weighted by atomic mass is 79.9. The maximum absolute atomic E-state index is 12.7. The highest BCUT2D eigenvalue weighted by Gasteiger charge is 2.35. The van der Waals surface area contributed by atoms with Crippen molar-refractivity contribution in [3.05, 3.63) is 32.3 Å². The van der Waals surface area contributed by atoms with Gasteiger partial charge in [0.15, 0.2) is 0 Å². The summed E-state index contributed by atoms with van der Waals surface area (Å²) in [6.07, 6.45) is -4.70. The molecule has 1 aromatic heterocycles. The number of alkyl halides is 6. The minimum absolute atomic E-state index is 0.255. The highest BCUT2D eigenvalue weighted by Crippen LogP contribution is 2.45. The van der Waals surface area contributed by atoms with Crippen LogP contribution in [0.3, 0.4) is 0 Å².